The van der Waals surface area contributed by atoms with Crippen LogP contribution >= 0.6 is 0 Å². The van der Waals surface area contributed by atoms with E-state index in [0.29, 0.717) is 5.75 Å². The minimum atomic E-state index is -0.995. The van der Waals surface area contributed by atoms with Gasteiger partial charge in [0.2, 0.25) is 0 Å². The van der Waals surface area contributed by atoms with Gasteiger partial charge in [0.05, 0.1) is 0 Å². The van der Waals surface area contributed by atoms with E-state index in [0.717, 1.165) is 18.4 Å². The Hall–Kier alpha value is -2.08. The first kappa shape index (κ1) is 19.0. The van der Waals surface area contributed by atoms with Crippen LogP contribution in [-0.4, -0.2) is 42.8 Å². The van der Waals surface area contributed by atoms with Gasteiger partial charge in [0.15, 0.2) is 12.7 Å². The normalized spacial score (nSPS) is 13.2. The van der Waals surface area contributed by atoms with Crippen LogP contribution in [0.25, 0.3) is 0 Å². The summed E-state index contributed by atoms with van der Waals surface area (Å²) in [4.78, 5) is 22.6. The summed E-state index contributed by atoms with van der Waals surface area (Å²) in [5, 5.41) is 11.8. The van der Waals surface area contributed by atoms with Gasteiger partial charge in [-0.1, -0.05) is 25.5 Å². The van der Waals surface area contributed by atoms with Gasteiger partial charge in [-0.3, -0.25) is 4.79 Å². The van der Waals surface area contributed by atoms with E-state index in [9.17, 15) is 9.59 Å². The molecule has 0 fully saturated rings. The number of hydrogen-bond donors (Lipinski definition) is 2. The van der Waals surface area contributed by atoms with E-state index in [1.165, 1.54) is 7.11 Å². The Balaban J connectivity index is 2.45. The van der Waals surface area contributed by atoms with Crippen LogP contribution in [0.4, 0.5) is 0 Å². The Morgan fingerprint density at radius 1 is 1.26 bits per heavy atom. The summed E-state index contributed by atoms with van der Waals surface area (Å²) in [7, 11) is 1.37. The highest BCUT2D eigenvalue weighted by Crippen LogP contribution is 2.14. The molecule has 1 aromatic rings. The van der Waals surface area contributed by atoms with Crippen LogP contribution in [0.2, 0.25) is 0 Å². The number of ether oxygens (including phenoxy) is 2. The lowest BCUT2D eigenvalue weighted by molar-refractivity contribution is -0.148. The summed E-state index contributed by atoms with van der Waals surface area (Å²) in [5.41, 5.74) is 0.826. The molecule has 0 aliphatic heterocycles. The molecule has 1 rings (SSSR count). The van der Waals surface area contributed by atoms with Gasteiger partial charge in [-0.15, -0.1) is 0 Å². The Labute approximate surface area is 136 Å². The Morgan fingerprint density at radius 2 is 1.91 bits per heavy atom. The van der Waals surface area contributed by atoms with Gasteiger partial charge in [0.25, 0.3) is 5.91 Å². The highest BCUT2D eigenvalue weighted by Gasteiger charge is 2.16. The summed E-state index contributed by atoms with van der Waals surface area (Å²) in [6.45, 7) is 3.99. The molecular weight excluding hydrogens is 298 g/mol. The highest BCUT2D eigenvalue weighted by atomic mass is 16.5. The van der Waals surface area contributed by atoms with Crippen molar-refractivity contribution in [3.05, 3.63) is 29.8 Å². The monoisotopic (exact) mass is 323 g/mol. The van der Waals surface area contributed by atoms with Crippen molar-refractivity contribution in [3.63, 3.8) is 0 Å². The molecule has 2 atom stereocenters. The van der Waals surface area contributed by atoms with Crippen LogP contribution in [0.3, 0.4) is 0 Å². The van der Waals surface area contributed by atoms with Gasteiger partial charge < -0.3 is 19.9 Å². The van der Waals surface area contributed by atoms with E-state index >= 15 is 0 Å². The number of benzene rings is 1. The van der Waals surface area contributed by atoms with E-state index in [2.05, 4.69) is 12.2 Å². The lowest BCUT2D eigenvalue weighted by Crippen LogP contribution is -2.35. The van der Waals surface area contributed by atoms with Gasteiger partial charge in [-0.2, -0.15) is 0 Å². The minimum absolute atomic E-state index is 0.0385. The van der Waals surface area contributed by atoms with Crippen molar-refractivity contribution in [3.8, 4) is 5.75 Å². The number of nitrogens with one attached hydrogen (secondary N) is 1. The third-order valence-electron chi connectivity index (χ3n) is 3.40. The van der Waals surface area contributed by atoms with Gasteiger partial charge in [-0.25, -0.2) is 4.79 Å². The molecule has 6 heteroatoms. The first-order chi connectivity index (χ1) is 11.0. The van der Waals surface area contributed by atoms with Crippen molar-refractivity contribution in [1.82, 2.24) is 5.32 Å². The summed E-state index contributed by atoms with van der Waals surface area (Å²) in [5.74, 6) is -0.581. The predicted molar refractivity (Wildman–Crippen MR) is 86.6 cm³/mol. The second kappa shape index (κ2) is 9.84. The average Bonchev–Trinajstić information content (AvgIpc) is 2.51. The fourth-order valence-electron chi connectivity index (χ4n) is 2.18. The molecule has 0 aliphatic rings. The standard InChI is InChI=1S/C17H25NO5/c1-4-5-12(2)18-16(19)11-23-14-8-6-13(7-9-14)10-15(22-3)17(20)21/h6-9,12,15H,4-5,10-11H2,1-3H3,(H,18,19)(H,20,21). The van der Waals surface area contributed by atoms with Crippen molar-refractivity contribution >= 4 is 11.9 Å². The van der Waals surface area contributed by atoms with Gasteiger partial charge in [-0.05, 0) is 31.0 Å². The number of rotatable bonds is 10. The lowest BCUT2D eigenvalue weighted by atomic mass is 10.1. The fourth-order valence-corrected chi connectivity index (χ4v) is 2.18. The third kappa shape index (κ3) is 7.15. The SMILES string of the molecule is CCCC(C)NC(=O)COc1ccc(CC(OC)C(=O)O)cc1. The second-order valence-electron chi connectivity index (χ2n) is 5.46. The quantitative estimate of drug-likeness (QED) is 0.688. The molecule has 0 heterocycles. The maximum Gasteiger partial charge on any atom is 0.333 e. The van der Waals surface area contributed by atoms with Crippen molar-refractivity contribution < 1.29 is 24.2 Å². The molecule has 0 saturated heterocycles. The van der Waals surface area contributed by atoms with Crippen LogP contribution in [0.5, 0.6) is 5.75 Å². The maximum atomic E-state index is 11.7. The molecule has 6 nitrogen and oxygen atoms in total. The molecule has 2 N–H and O–H groups in total. The second-order valence-corrected chi connectivity index (χ2v) is 5.46. The molecular formula is C17H25NO5. The number of carboxylic acid groups (broad SMARTS) is 1. The van der Waals surface area contributed by atoms with Gasteiger partial charge in [0, 0.05) is 19.6 Å². The topological polar surface area (TPSA) is 84.9 Å². The molecule has 0 bridgehead atoms. The van der Waals surface area contributed by atoms with E-state index < -0.39 is 12.1 Å². The molecule has 1 amide bonds. The van der Waals surface area contributed by atoms with Gasteiger partial charge in [0.1, 0.15) is 5.75 Å². The van der Waals surface area contributed by atoms with E-state index in [1.54, 1.807) is 24.3 Å². The van der Waals surface area contributed by atoms with Crippen molar-refractivity contribution in [2.75, 3.05) is 13.7 Å². The first-order valence-corrected chi connectivity index (χ1v) is 7.73. The van der Waals surface area contributed by atoms with E-state index in [4.69, 9.17) is 14.6 Å². The summed E-state index contributed by atoms with van der Waals surface area (Å²) in [6, 6.07) is 7.10. The number of methoxy groups -OCH3 is 1. The van der Waals surface area contributed by atoms with Crippen molar-refractivity contribution in [1.29, 1.82) is 0 Å². The molecule has 0 saturated carbocycles. The first-order valence-electron chi connectivity index (χ1n) is 7.73. The number of amides is 1. The van der Waals surface area contributed by atoms with Crippen molar-refractivity contribution in [2.24, 2.45) is 0 Å². The molecule has 0 aromatic heterocycles. The largest absolute Gasteiger partial charge is 0.484 e. The summed E-state index contributed by atoms with van der Waals surface area (Å²) in [6.07, 6.45) is 1.36. The van der Waals surface area contributed by atoms with Crippen LogP contribution in [0.1, 0.15) is 32.3 Å². The average molecular weight is 323 g/mol. The zero-order valence-electron chi connectivity index (χ0n) is 13.9. The van der Waals surface area contributed by atoms with Crippen LogP contribution in [-0.2, 0) is 20.7 Å². The fraction of sp³-hybridized carbons (Fsp3) is 0.529. The van der Waals surface area contributed by atoms with Gasteiger partial charge >= 0.3 is 5.97 Å². The Morgan fingerprint density at radius 3 is 2.43 bits per heavy atom. The van der Waals surface area contributed by atoms with E-state index in [-0.39, 0.29) is 25.0 Å². The van der Waals surface area contributed by atoms with Crippen molar-refractivity contribution in [2.45, 2.75) is 45.3 Å². The molecule has 0 radical (unpaired) electrons. The molecule has 128 valence electrons. The summed E-state index contributed by atoms with van der Waals surface area (Å²) >= 11 is 0. The number of carbonyl (C=O) groups is 2. The van der Waals surface area contributed by atoms with Crippen LogP contribution < -0.4 is 10.1 Å². The third-order valence-corrected chi connectivity index (χ3v) is 3.40. The Bertz CT molecular complexity index is 500. The Kier molecular flexibility index (Phi) is 8.11. The molecule has 2 unspecified atom stereocenters. The molecule has 23 heavy (non-hydrogen) atoms. The zero-order valence-corrected chi connectivity index (χ0v) is 13.9. The van der Waals surface area contributed by atoms with E-state index in [1.807, 2.05) is 6.92 Å². The summed E-state index contributed by atoms with van der Waals surface area (Å²) < 4.78 is 10.3. The minimum Gasteiger partial charge on any atom is -0.484 e. The number of aliphatic carboxylic acids is 1. The maximum absolute atomic E-state index is 11.7. The number of carbonyl (C=O) groups excluding carboxylic acids is 1. The smallest absolute Gasteiger partial charge is 0.333 e. The lowest BCUT2D eigenvalue weighted by Gasteiger charge is -2.13. The highest BCUT2D eigenvalue weighted by molar-refractivity contribution is 5.77. The molecule has 0 aliphatic carbocycles. The number of hydrogen-bond acceptors (Lipinski definition) is 4. The molecule has 0 spiro atoms. The predicted octanol–water partition coefficient (Wildman–Crippen LogP) is 2.01. The number of carboxylic acids is 1. The zero-order chi connectivity index (χ0) is 17.2. The van der Waals surface area contributed by atoms with Crippen LogP contribution in [0, 0.1) is 0 Å². The molecule has 1 aromatic carbocycles. The van der Waals surface area contributed by atoms with Crippen LogP contribution in [0.15, 0.2) is 24.3 Å².